The number of rotatable bonds is 5. The summed E-state index contributed by atoms with van der Waals surface area (Å²) in [6.45, 7) is 2.17. The summed E-state index contributed by atoms with van der Waals surface area (Å²) in [6.07, 6.45) is 0.701. The largest absolute Gasteiger partial charge is 0.511 e. The standard InChI is InChI=1S/C17H24ClF3N4O2S.HI/c1-12(14-4-3-5-15(18)10-14)24-16(22-2)23-11-13-6-8-25(9-7-13)28(26,27)17(19,20)21;/h3-5,10,12-13H,6-9,11H2,1-2H3,(H2,22,23,24);1H. The number of aliphatic imine (C=N–C) groups is 1. The number of piperidine rings is 1. The Morgan fingerprint density at radius 3 is 2.48 bits per heavy atom. The van der Waals surface area contributed by atoms with Gasteiger partial charge < -0.3 is 10.6 Å². The van der Waals surface area contributed by atoms with Crippen LogP contribution < -0.4 is 10.6 Å². The summed E-state index contributed by atoms with van der Waals surface area (Å²) in [7, 11) is -3.62. The molecule has 1 aliphatic rings. The van der Waals surface area contributed by atoms with Gasteiger partial charge in [0.1, 0.15) is 0 Å². The van der Waals surface area contributed by atoms with Crippen LogP contribution in [0.15, 0.2) is 29.3 Å². The van der Waals surface area contributed by atoms with E-state index in [1.165, 1.54) is 0 Å². The van der Waals surface area contributed by atoms with Crippen molar-refractivity contribution in [2.45, 2.75) is 31.3 Å². The fourth-order valence-electron chi connectivity index (χ4n) is 3.00. The van der Waals surface area contributed by atoms with Gasteiger partial charge in [0.2, 0.25) is 0 Å². The van der Waals surface area contributed by atoms with Gasteiger partial charge in [-0.1, -0.05) is 23.7 Å². The molecule has 0 bridgehead atoms. The fraction of sp³-hybridized carbons (Fsp3) is 0.588. The van der Waals surface area contributed by atoms with Gasteiger partial charge in [-0.25, -0.2) is 8.42 Å². The number of hydrogen-bond acceptors (Lipinski definition) is 3. The van der Waals surface area contributed by atoms with Crippen LogP contribution in [0.25, 0.3) is 0 Å². The molecule has 1 unspecified atom stereocenters. The summed E-state index contributed by atoms with van der Waals surface area (Å²) in [5, 5.41) is 7.02. The molecule has 0 saturated carbocycles. The maximum atomic E-state index is 12.6. The maximum Gasteiger partial charge on any atom is 0.511 e. The minimum atomic E-state index is -5.25. The minimum absolute atomic E-state index is 0. The van der Waals surface area contributed by atoms with Crippen LogP contribution in [0.3, 0.4) is 0 Å². The number of benzene rings is 1. The molecule has 0 spiro atoms. The molecule has 0 amide bonds. The number of alkyl halides is 3. The van der Waals surface area contributed by atoms with Gasteiger partial charge in [-0.3, -0.25) is 4.99 Å². The first-order valence-corrected chi connectivity index (χ1v) is 10.7. The number of sulfonamides is 1. The van der Waals surface area contributed by atoms with Gasteiger partial charge in [-0.2, -0.15) is 17.5 Å². The molecule has 0 aromatic heterocycles. The van der Waals surface area contributed by atoms with Crippen LogP contribution >= 0.6 is 35.6 Å². The molecule has 12 heteroatoms. The summed E-state index contributed by atoms with van der Waals surface area (Å²) < 4.78 is 61.3. The van der Waals surface area contributed by atoms with Crippen molar-refractivity contribution < 1.29 is 21.6 Å². The Morgan fingerprint density at radius 1 is 1.34 bits per heavy atom. The van der Waals surface area contributed by atoms with E-state index in [2.05, 4.69) is 15.6 Å². The quantitative estimate of drug-likeness (QED) is 0.323. The van der Waals surface area contributed by atoms with Crippen LogP contribution in [0.2, 0.25) is 5.02 Å². The van der Waals surface area contributed by atoms with E-state index in [-0.39, 0.29) is 49.0 Å². The molecule has 29 heavy (non-hydrogen) atoms. The zero-order valence-corrected chi connectivity index (χ0v) is 19.9. The number of halogens is 5. The van der Waals surface area contributed by atoms with E-state index in [0.29, 0.717) is 34.7 Å². The smallest absolute Gasteiger partial charge is 0.356 e. The summed E-state index contributed by atoms with van der Waals surface area (Å²) in [6, 6.07) is 7.38. The lowest BCUT2D eigenvalue weighted by Gasteiger charge is -2.32. The molecule has 1 fully saturated rings. The second kappa shape index (κ2) is 11.0. The Hall–Kier alpha value is -0.790. The van der Waals surface area contributed by atoms with Crippen molar-refractivity contribution in [2.75, 3.05) is 26.7 Å². The van der Waals surface area contributed by atoms with E-state index in [1.807, 2.05) is 25.1 Å². The highest BCUT2D eigenvalue weighted by Crippen LogP contribution is 2.30. The van der Waals surface area contributed by atoms with Crippen molar-refractivity contribution >= 4 is 51.6 Å². The van der Waals surface area contributed by atoms with E-state index in [1.54, 1.807) is 13.1 Å². The molecule has 6 nitrogen and oxygen atoms in total. The molecular formula is C17H25ClF3IN4O2S. The van der Waals surface area contributed by atoms with Crippen LogP contribution in [-0.2, 0) is 10.0 Å². The van der Waals surface area contributed by atoms with Crippen molar-refractivity contribution in [1.82, 2.24) is 14.9 Å². The Balaban J connectivity index is 0.00000420. The summed E-state index contributed by atoms with van der Waals surface area (Å²) >= 11 is 6.00. The van der Waals surface area contributed by atoms with E-state index in [4.69, 9.17) is 11.6 Å². The van der Waals surface area contributed by atoms with Crippen LogP contribution in [0.4, 0.5) is 13.2 Å². The second-order valence-electron chi connectivity index (χ2n) is 6.67. The molecule has 2 N–H and O–H groups in total. The van der Waals surface area contributed by atoms with Crippen LogP contribution in [0.5, 0.6) is 0 Å². The molecule has 0 radical (unpaired) electrons. The topological polar surface area (TPSA) is 73.8 Å². The average Bonchev–Trinajstić information content (AvgIpc) is 2.64. The zero-order chi connectivity index (χ0) is 20.9. The van der Waals surface area contributed by atoms with Crippen molar-refractivity contribution in [3.63, 3.8) is 0 Å². The Labute approximate surface area is 191 Å². The number of nitrogens with one attached hydrogen (secondary N) is 2. The van der Waals surface area contributed by atoms with Crippen molar-refractivity contribution in [3.05, 3.63) is 34.9 Å². The van der Waals surface area contributed by atoms with Gasteiger partial charge in [0, 0.05) is 31.7 Å². The van der Waals surface area contributed by atoms with Crippen LogP contribution in [-0.4, -0.2) is 50.9 Å². The molecule has 166 valence electrons. The highest BCUT2D eigenvalue weighted by atomic mass is 127. The summed E-state index contributed by atoms with van der Waals surface area (Å²) in [5.74, 6) is 0.609. The van der Waals surface area contributed by atoms with Gasteiger partial charge in [0.15, 0.2) is 5.96 Å². The third kappa shape index (κ3) is 7.14. The SMILES string of the molecule is CN=C(NCC1CCN(S(=O)(=O)C(F)(F)F)CC1)NC(C)c1cccc(Cl)c1.I. The number of guanidine groups is 1. The second-order valence-corrected chi connectivity index (χ2v) is 9.03. The first kappa shape index (κ1) is 26.2. The highest BCUT2D eigenvalue weighted by molar-refractivity contribution is 14.0. The molecule has 1 atom stereocenters. The number of nitrogens with zero attached hydrogens (tertiary/aromatic N) is 2. The lowest BCUT2D eigenvalue weighted by molar-refractivity contribution is -0.0496. The molecular weight excluding hydrogens is 544 g/mol. The monoisotopic (exact) mass is 568 g/mol. The lowest BCUT2D eigenvalue weighted by atomic mass is 9.98. The molecule has 1 heterocycles. The lowest BCUT2D eigenvalue weighted by Crippen LogP contribution is -2.47. The summed E-state index contributed by atoms with van der Waals surface area (Å²) in [4.78, 5) is 4.15. The van der Waals surface area contributed by atoms with Gasteiger partial charge in [-0.15, -0.1) is 24.0 Å². The molecule has 1 aromatic carbocycles. The predicted octanol–water partition coefficient (Wildman–Crippen LogP) is 3.75. The number of hydrogen-bond donors (Lipinski definition) is 2. The maximum absolute atomic E-state index is 12.6. The van der Waals surface area contributed by atoms with Gasteiger partial charge in [0.25, 0.3) is 0 Å². The molecule has 0 aliphatic carbocycles. The van der Waals surface area contributed by atoms with Crippen molar-refractivity contribution in [1.29, 1.82) is 0 Å². The molecule has 2 rings (SSSR count). The van der Waals surface area contributed by atoms with Crippen LogP contribution in [0, 0.1) is 5.92 Å². The fourth-order valence-corrected chi connectivity index (χ4v) is 4.18. The van der Waals surface area contributed by atoms with Crippen LogP contribution in [0.1, 0.15) is 31.4 Å². The van der Waals surface area contributed by atoms with E-state index >= 15 is 0 Å². The third-order valence-corrected chi connectivity index (χ3v) is 6.55. The van der Waals surface area contributed by atoms with Crippen molar-refractivity contribution in [3.8, 4) is 0 Å². The normalized spacial score (nSPS) is 18.1. The molecule has 1 saturated heterocycles. The third-order valence-electron chi connectivity index (χ3n) is 4.69. The highest BCUT2D eigenvalue weighted by Gasteiger charge is 2.50. The molecule has 1 aromatic rings. The zero-order valence-electron chi connectivity index (χ0n) is 16.0. The Bertz CT molecular complexity index is 800. The molecule has 1 aliphatic heterocycles. The van der Waals surface area contributed by atoms with Gasteiger partial charge in [0.05, 0.1) is 6.04 Å². The predicted molar refractivity (Wildman–Crippen MR) is 119 cm³/mol. The van der Waals surface area contributed by atoms with E-state index < -0.39 is 15.5 Å². The Morgan fingerprint density at radius 2 is 1.97 bits per heavy atom. The van der Waals surface area contributed by atoms with Gasteiger partial charge in [-0.05, 0) is 43.4 Å². The first-order chi connectivity index (χ1) is 13.0. The first-order valence-electron chi connectivity index (χ1n) is 8.83. The minimum Gasteiger partial charge on any atom is -0.356 e. The Kier molecular flexibility index (Phi) is 9.96. The van der Waals surface area contributed by atoms with E-state index in [9.17, 15) is 21.6 Å². The van der Waals surface area contributed by atoms with E-state index in [0.717, 1.165) is 5.56 Å². The summed E-state index contributed by atoms with van der Waals surface area (Å²) in [5.41, 5.74) is -4.26. The average molecular weight is 569 g/mol. The van der Waals surface area contributed by atoms with Crippen molar-refractivity contribution in [2.24, 2.45) is 10.9 Å². The van der Waals surface area contributed by atoms with Gasteiger partial charge >= 0.3 is 15.5 Å².